The Balaban J connectivity index is 2.23. The zero-order valence-electron chi connectivity index (χ0n) is 11.7. The maximum atomic E-state index is 12.0. The van der Waals surface area contributed by atoms with Crippen LogP contribution in [0.3, 0.4) is 0 Å². The van der Waals surface area contributed by atoms with Crippen LogP contribution < -0.4 is 5.32 Å². The maximum Gasteiger partial charge on any atom is 0.226 e. The predicted octanol–water partition coefficient (Wildman–Crippen LogP) is 2.27. The Morgan fingerprint density at radius 2 is 2.00 bits per heavy atom. The van der Waals surface area contributed by atoms with Crippen LogP contribution in [0.5, 0.6) is 0 Å². The summed E-state index contributed by atoms with van der Waals surface area (Å²) in [7, 11) is 3.84. The first kappa shape index (κ1) is 14.5. The van der Waals surface area contributed by atoms with Gasteiger partial charge in [0.2, 0.25) is 5.91 Å². The monoisotopic (exact) mass is 240 g/mol. The van der Waals surface area contributed by atoms with E-state index >= 15 is 0 Å². The van der Waals surface area contributed by atoms with E-state index in [1.165, 1.54) is 38.5 Å². The lowest BCUT2D eigenvalue weighted by Crippen LogP contribution is -2.37. The van der Waals surface area contributed by atoms with Crippen LogP contribution in [0, 0.1) is 11.8 Å². The molecule has 1 atom stereocenters. The summed E-state index contributed by atoms with van der Waals surface area (Å²) in [6.45, 7) is 3.69. The number of nitrogens with zero attached hydrogens (tertiary/aromatic N) is 1. The van der Waals surface area contributed by atoms with E-state index in [4.69, 9.17) is 0 Å². The molecule has 3 nitrogen and oxygen atoms in total. The Labute approximate surface area is 106 Å². The average molecular weight is 240 g/mol. The number of rotatable bonds is 6. The minimum atomic E-state index is 0.0938. The SMILES string of the molecule is CNCC(C)C(=O)N(C)CCC1CCCCC1. The van der Waals surface area contributed by atoms with Crippen molar-refractivity contribution in [3.63, 3.8) is 0 Å². The van der Waals surface area contributed by atoms with Crippen LogP contribution in [-0.2, 0) is 4.79 Å². The van der Waals surface area contributed by atoms with Crippen LogP contribution in [0.25, 0.3) is 0 Å². The molecule has 1 N–H and O–H groups in total. The normalized spacial score (nSPS) is 19.0. The molecule has 17 heavy (non-hydrogen) atoms. The van der Waals surface area contributed by atoms with E-state index in [1.807, 2.05) is 25.9 Å². The first-order valence-electron chi connectivity index (χ1n) is 7.04. The molecule has 0 aliphatic heterocycles. The molecule has 0 heterocycles. The molecule has 0 aromatic heterocycles. The molecule has 1 amide bonds. The van der Waals surface area contributed by atoms with E-state index in [-0.39, 0.29) is 11.8 Å². The Morgan fingerprint density at radius 1 is 1.35 bits per heavy atom. The third kappa shape index (κ3) is 5.07. The van der Waals surface area contributed by atoms with Crippen molar-refractivity contribution >= 4 is 5.91 Å². The van der Waals surface area contributed by atoms with Crippen molar-refractivity contribution in [3.8, 4) is 0 Å². The third-order valence-corrected chi connectivity index (χ3v) is 3.91. The van der Waals surface area contributed by atoms with Gasteiger partial charge in [0, 0.05) is 26.1 Å². The molecule has 1 fully saturated rings. The molecule has 1 unspecified atom stereocenters. The highest BCUT2D eigenvalue weighted by atomic mass is 16.2. The van der Waals surface area contributed by atoms with Gasteiger partial charge < -0.3 is 10.2 Å². The molecule has 0 saturated heterocycles. The summed E-state index contributed by atoms with van der Waals surface area (Å²) in [6.07, 6.45) is 8.11. The molecule has 0 aromatic carbocycles. The number of carbonyl (C=O) groups excluding carboxylic acids is 1. The average Bonchev–Trinajstić information content (AvgIpc) is 2.36. The minimum Gasteiger partial charge on any atom is -0.345 e. The molecule has 0 bridgehead atoms. The Hall–Kier alpha value is -0.570. The summed E-state index contributed by atoms with van der Waals surface area (Å²) in [5.41, 5.74) is 0. The lowest BCUT2D eigenvalue weighted by molar-refractivity contribution is -0.133. The summed E-state index contributed by atoms with van der Waals surface area (Å²) in [4.78, 5) is 13.9. The van der Waals surface area contributed by atoms with Crippen molar-refractivity contribution in [2.75, 3.05) is 27.2 Å². The highest BCUT2D eigenvalue weighted by Gasteiger charge is 2.19. The van der Waals surface area contributed by atoms with Crippen molar-refractivity contribution in [1.82, 2.24) is 10.2 Å². The lowest BCUT2D eigenvalue weighted by atomic mass is 9.87. The van der Waals surface area contributed by atoms with Crippen molar-refractivity contribution in [2.24, 2.45) is 11.8 Å². The lowest BCUT2D eigenvalue weighted by Gasteiger charge is -2.26. The van der Waals surface area contributed by atoms with Crippen molar-refractivity contribution < 1.29 is 4.79 Å². The summed E-state index contributed by atoms with van der Waals surface area (Å²) in [6, 6.07) is 0. The van der Waals surface area contributed by atoms with E-state index < -0.39 is 0 Å². The second-order valence-electron chi connectivity index (χ2n) is 5.51. The molecular weight excluding hydrogens is 212 g/mol. The van der Waals surface area contributed by atoms with Gasteiger partial charge in [0.25, 0.3) is 0 Å². The second-order valence-corrected chi connectivity index (χ2v) is 5.51. The highest BCUT2D eigenvalue weighted by molar-refractivity contribution is 5.78. The zero-order valence-corrected chi connectivity index (χ0v) is 11.7. The van der Waals surface area contributed by atoms with E-state index in [1.54, 1.807) is 0 Å². The fourth-order valence-electron chi connectivity index (χ4n) is 2.73. The first-order chi connectivity index (χ1) is 8.15. The fourth-order valence-corrected chi connectivity index (χ4v) is 2.73. The summed E-state index contributed by atoms with van der Waals surface area (Å²) < 4.78 is 0. The van der Waals surface area contributed by atoms with Gasteiger partial charge in [-0.3, -0.25) is 4.79 Å². The van der Waals surface area contributed by atoms with Gasteiger partial charge in [0.15, 0.2) is 0 Å². The smallest absolute Gasteiger partial charge is 0.226 e. The molecule has 1 aliphatic carbocycles. The molecule has 100 valence electrons. The number of carbonyl (C=O) groups is 1. The number of amides is 1. The van der Waals surface area contributed by atoms with E-state index in [0.717, 1.165) is 19.0 Å². The van der Waals surface area contributed by atoms with Crippen LogP contribution >= 0.6 is 0 Å². The van der Waals surface area contributed by atoms with Crippen LogP contribution in [0.1, 0.15) is 45.4 Å². The van der Waals surface area contributed by atoms with Crippen LogP contribution in [-0.4, -0.2) is 38.0 Å². The van der Waals surface area contributed by atoms with E-state index in [0.29, 0.717) is 0 Å². The zero-order chi connectivity index (χ0) is 12.7. The van der Waals surface area contributed by atoms with Gasteiger partial charge in [-0.2, -0.15) is 0 Å². The van der Waals surface area contributed by atoms with Gasteiger partial charge in [0.1, 0.15) is 0 Å². The van der Waals surface area contributed by atoms with E-state index in [2.05, 4.69) is 5.32 Å². The number of hydrogen-bond acceptors (Lipinski definition) is 2. The second kappa shape index (κ2) is 7.70. The van der Waals surface area contributed by atoms with Gasteiger partial charge in [-0.25, -0.2) is 0 Å². The van der Waals surface area contributed by atoms with Gasteiger partial charge in [-0.05, 0) is 19.4 Å². The molecular formula is C14H28N2O. The van der Waals surface area contributed by atoms with Crippen molar-refractivity contribution in [1.29, 1.82) is 0 Å². The Morgan fingerprint density at radius 3 is 2.59 bits per heavy atom. The van der Waals surface area contributed by atoms with E-state index in [9.17, 15) is 4.79 Å². The molecule has 0 spiro atoms. The number of hydrogen-bond donors (Lipinski definition) is 1. The van der Waals surface area contributed by atoms with Crippen LogP contribution in [0.2, 0.25) is 0 Å². The quantitative estimate of drug-likeness (QED) is 0.772. The molecule has 1 saturated carbocycles. The molecule has 1 aliphatic rings. The standard InChI is InChI=1S/C14H28N2O/c1-12(11-15-2)14(17)16(3)10-9-13-7-5-4-6-8-13/h12-13,15H,4-11H2,1-3H3. The Kier molecular flexibility index (Phi) is 6.56. The van der Waals surface area contributed by atoms with Crippen LogP contribution in [0.4, 0.5) is 0 Å². The van der Waals surface area contributed by atoms with Gasteiger partial charge in [-0.1, -0.05) is 39.0 Å². The third-order valence-electron chi connectivity index (χ3n) is 3.91. The summed E-state index contributed by atoms with van der Waals surface area (Å²) in [5.74, 6) is 1.23. The van der Waals surface area contributed by atoms with Gasteiger partial charge in [-0.15, -0.1) is 0 Å². The fraction of sp³-hybridized carbons (Fsp3) is 0.929. The number of nitrogens with one attached hydrogen (secondary N) is 1. The highest BCUT2D eigenvalue weighted by Crippen LogP contribution is 2.26. The predicted molar refractivity (Wildman–Crippen MR) is 71.9 cm³/mol. The topological polar surface area (TPSA) is 32.3 Å². The van der Waals surface area contributed by atoms with Gasteiger partial charge in [0.05, 0.1) is 0 Å². The molecule has 1 rings (SSSR count). The Bertz CT molecular complexity index is 224. The largest absolute Gasteiger partial charge is 0.345 e. The van der Waals surface area contributed by atoms with Gasteiger partial charge >= 0.3 is 0 Å². The molecule has 0 radical (unpaired) electrons. The van der Waals surface area contributed by atoms with Crippen molar-refractivity contribution in [2.45, 2.75) is 45.4 Å². The summed E-state index contributed by atoms with van der Waals surface area (Å²) >= 11 is 0. The maximum absolute atomic E-state index is 12.0. The van der Waals surface area contributed by atoms with Crippen molar-refractivity contribution in [3.05, 3.63) is 0 Å². The molecule has 3 heteroatoms. The molecule has 0 aromatic rings. The summed E-state index contributed by atoms with van der Waals surface area (Å²) in [5, 5.41) is 3.06. The minimum absolute atomic E-state index is 0.0938. The first-order valence-corrected chi connectivity index (χ1v) is 7.04. The van der Waals surface area contributed by atoms with Crippen LogP contribution in [0.15, 0.2) is 0 Å².